The molecule has 1 aromatic heterocycles. The third-order valence-electron chi connectivity index (χ3n) is 1.77. The minimum Gasteiger partial charge on any atom is -0.489 e. The molecule has 0 atom stereocenters. The maximum atomic E-state index is 8.93. The van der Waals surface area contributed by atoms with E-state index >= 15 is 0 Å². The summed E-state index contributed by atoms with van der Waals surface area (Å²) in [5.74, 6) is 0.632. The molecule has 0 aliphatic heterocycles. The van der Waals surface area contributed by atoms with Gasteiger partial charge in [-0.25, -0.2) is 0 Å². The fourth-order valence-corrected chi connectivity index (χ4v) is 1.28. The van der Waals surface area contributed by atoms with Crippen molar-refractivity contribution in [3.8, 4) is 11.8 Å². The normalized spacial score (nSPS) is 10.0. The molecule has 14 heavy (non-hydrogen) atoms. The highest BCUT2D eigenvalue weighted by molar-refractivity contribution is 5.46. The summed E-state index contributed by atoms with van der Waals surface area (Å²) in [6, 6.07) is 3.91. The molecular formula is C11H14N2O. The van der Waals surface area contributed by atoms with Gasteiger partial charge in [0.15, 0.2) is 0 Å². The molecule has 1 aromatic rings. The second-order valence-electron chi connectivity index (χ2n) is 3.50. The van der Waals surface area contributed by atoms with Crippen molar-refractivity contribution in [3.05, 3.63) is 23.0 Å². The molecule has 0 aliphatic rings. The zero-order valence-corrected chi connectivity index (χ0v) is 8.96. The predicted octanol–water partition coefficient (Wildman–Crippen LogP) is 2.36. The first-order valence-corrected chi connectivity index (χ1v) is 4.59. The Morgan fingerprint density at radius 1 is 1.43 bits per heavy atom. The predicted molar refractivity (Wildman–Crippen MR) is 54.2 cm³/mol. The lowest BCUT2D eigenvalue weighted by Gasteiger charge is -2.12. The second kappa shape index (κ2) is 4.10. The van der Waals surface area contributed by atoms with Gasteiger partial charge in [0.05, 0.1) is 11.8 Å². The molecule has 0 amide bonds. The van der Waals surface area contributed by atoms with E-state index in [-0.39, 0.29) is 6.10 Å². The number of hydrogen-bond acceptors (Lipinski definition) is 3. The van der Waals surface area contributed by atoms with E-state index in [0.29, 0.717) is 11.3 Å². The van der Waals surface area contributed by atoms with Crippen LogP contribution in [0.3, 0.4) is 0 Å². The van der Waals surface area contributed by atoms with Gasteiger partial charge in [-0.15, -0.1) is 0 Å². The van der Waals surface area contributed by atoms with Gasteiger partial charge in [0.2, 0.25) is 0 Å². The van der Waals surface area contributed by atoms with Crippen molar-refractivity contribution < 1.29 is 4.74 Å². The summed E-state index contributed by atoms with van der Waals surface area (Å²) in [7, 11) is 0. The summed E-state index contributed by atoms with van der Waals surface area (Å²) in [6.45, 7) is 7.58. The summed E-state index contributed by atoms with van der Waals surface area (Å²) in [4.78, 5) is 4.21. The second-order valence-corrected chi connectivity index (χ2v) is 3.50. The Morgan fingerprint density at radius 2 is 2.07 bits per heavy atom. The molecule has 0 aromatic carbocycles. The van der Waals surface area contributed by atoms with Crippen LogP contribution in [0.2, 0.25) is 0 Å². The molecule has 0 unspecified atom stereocenters. The minimum absolute atomic E-state index is 0.0725. The molecule has 0 saturated carbocycles. The number of rotatable bonds is 2. The highest BCUT2D eigenvalue weighted by atomic mass is 16.5. The zero-order chi connectivity index (χ0) is 10.7. The lowest BCUT2D eigenvalue weighted by atomic mass is 10.2. The Bertz CT molecular complexity index is 378. The van der Waals surface area contributed by atoms with Crippen molar-refractivity contribution in [1.29, 1.82) is 5.26 Å². The van der Waals surface area contributed by atoms with E-state index in [1.807, 2.05) is 27.7 Å². The van der Waals surface area contributed by atoms with E-state index in [9.17, 15) is 0 Å². The summed E-state index contributed by atoms with van der Waals surface area (Å²) in [6.07, 6.45) is 0.0725. The number of ether oxygens (including phenoxy) is 1. The maximum Gasteiger partial charge on any atom is 0.141 e. The van der Waals surface area contributed by atoms with E-state index in [2.05, 4.69) is 11.1 Å². The van der Waals surface area contributed by atoms with Gasteiger partial charge in [0.1, 0.15) is 17.4 Å². The smallest absolute Gasteiger partial charge is 0.141 e. The third-order valence-corrected chi connectivity index (χ3v) is 1.77. The van der Waals surface area contributed by atoms with E-state index in [4.69, 9.17) is 10.00 Å². The maximum absolute atomic E-state index is 8.93. The topological polar surface area (TPSA) is 45.9 Å². The fourth-order valence-electron chi connectivity index (χ4n) is 1.28. The first kappa shape index (κ1) is 10.5. The number of aromatic nitrogens is 1. The molecule has 3 heteroatoms. The quantitative estimate of drug-likeness (QED) is 0.719. The van der Waals surface area contributed by atoms with Crippen molar-refractivity contribution in [3.63, 3.8) is 0 Å². The van der Waals surface area contributed by atoms with Gasteiger partial charge in [0, 0.05) is 11.8 Å². The summed E-state index contributed by atoms with van der Waals surface area (Å²) >= 11 is 0. The summed E-state index contributed by atoms with van der Waals surface area (Å²) in [5, 5.41) is 8.93. The number of nitrogens with zero attached hydrogens (tertiary/aromatic N) is 2. The van der Waals surface area contributed by atoms with Gasteiger partial charge >= 0.3 is 0 Å². The molecule has 0 spiro atoms. The van der Waals surface area contributed by atoms with Gasteiger partial charge in [-0.05, 0) is 27.7 Å². The average molecular weight is 190 g/mol. The van der Waals surface area contributed by atoms with Crippen molar-refractivity contribution in [2.24, 2.45) is 0 Å². The van der Waals surface area contributed by atoms with Crippen molar-refractivity contribution in [2.45, 2.75) is 33.8 Å². The van der Waals surface area contributed by atoms with Crippen LogP contribution in [0.1, 0.15) is 30.8 Å². The summed E-state index contributed by atoms with van der Waals surface area (Å²) in [5.41, 5.74) is 2.13. The molecule has 0 radical (unpaired) electrons. The number of aryl methyl sites for hydroxylation is 2. The Kier molecular flexibility index (Phi) is 3.08. The molecule has 0 fully saturated rings. The standard InChI is InChI=1S/C11H14N2O/c1-7(2)14-11-5-8(3)13-9(4)10(11)6-12/h5,7H,1-4H3. The van der Waals surface area contributed by atoms with Crippen LogP contribution in [0.15, 0.2) is 6.07 Å². The van der Waals surface area contributed by atoms with E-state index < -0.39 is 0 Å². The van der Waals surface area contributed by atoms with Crippen LogP contribution in [-0.2, 0) is 0 Å². The number of hydrogen-bond donors (Lipinski definition) is 0. The van der Waals surface area contributed by atoms with Crippen molar-refractivity contribution in [1.82, 2.24) is 4.98 Å². The lowest BCUT2D eigenvalue weighted by Crippen LogP contribution is -2.08. The van der Waals surface area contributed by atoms with E-state index in [1.54, 1.807) is 6.07 Å². The van der Waals surface area contributed by atoms with Crippen LogP contribution >= 0.6 is 0 Å². The fraction of sp³-hybridized carbons (Fsp3) is 0.455. The van der Waals surface area contributed by atoms with Gasteiger partial charge in [-0.1, -0.05) is 0 Å². The SMILES string of the molecule is Cc1cc(OC(C)C)c(C#N)c(C)n1. The van der Waals surface area contributed by atoms with E-state index in [1.165, 1.54) is 0 Å². The van der Waals surface area contributed by atoms with Gasteiger partial charge in [-0.3, -0.25) is 4.98 Å². The molecule has 74 valence electrons. The molecule has 3 nitrogen and oxygen atoms in total. The van der Waals surface area contributed by atoms with Crippen LogP contribution in [0.4, 0.5) is 0 Å². The molecule has 0 saturated heterocycles. The van der Waals surface area contributed by atoms with Gasteiger partial charge in [0.25, 0.3) is 0 Å². The first-order chi connectivity index (χ1) is 6.54. The molecule has 1 heterocycles. The van der Waals surface area contributed by atoms with Crippen LogP contribution in [0, 0.1) is 25.2 Å². The highest BCUT2D eigenvalue weighted by Gasteiger charge is 2.10. The zero-order valence-electron chi connectivity index (χ0n) is 8.96. The largest absolute Gasteiger partial charge is 0.489 e. The minimum atomic E-state index is 0.0725. The van der Waals surface area contributed by atoms with Crippen LogP contribution in [0.25, 0.3) is 0 Å². The van der Waals surface area contributed by atoms with Crippen molar-refractivity contribution >= 4 is 0 Å². The van der Waals surface area contributed by atoms with Crippen molar-refractivity contribution in [2.75, 3.05) is 0 Å². The molecule has 0 aliphatic carbocycles. The Balaban J connectivity index is 3.20. The molecule has 0 N–H and O–H groups in total. The summed E-state index contributed by atoms with van der Waals surface area (Å²) < 4.78 is 5.54. The van der Waals surface area contributed by atoms with Gasteiger partial charge in [-0.2, -0.15) is 5.26 Å². The first-order valence-electron chi connectivity index (χ1n) is 4.59. The van der Waals surface area contributed by atoms with Crippen LogP contribution < -0.4 is 4.74 Å². The average Bonchev–Trinajstić information content (AvgIpc) is 2.01. The monoisotopic (exact) mass is 190 g/mol. The van der Waals surface area contributed by atoms with Gasteiger partial charge < -0.3 is 4.74 Å². The number of pyridine rings is 1. The van der Waals surface area contributed by atoms with Crippen LogP contribution in [0.5, 0.6) is 5.75 Å². The Hall–Kier alpha value is -1.56. The Labute approximate surface area is 84.3 Å². The lowest BCUT2D eigenvalue weighted by molar-refractivity contribution is 0.241. The Morgan fingerprint density at radius 3 is 2.57 bits per heavy atom. The molecule has 0 bridgehead atoms. The highest BCUT2D eigenvalue weighted by Crippen LogP contribution is 2.22. The molecular weight excluding hydrogens is 176 g/mol. The number of nitriles is 1. The third kappa shape index (κ3) is 2.23. The van der Waals surface area contributed by atoms with Crippen LogP contribution in [-0.4, -0.2) is 11.1 Å². The van der Waals surface area contributed by atoms with E-state index in [0.717, 1.165) is 11.4 Å². The molecule has 1 rings (SSSR count).